The first-order valence-corrected chi connectivity index (χ1v) is 8.18. The third kappa shape index (κ3) is 3.11. The molecule has 0 bridgehead atoms. The van der Waals surface area contributed by atoms with Crippen molar-refractivity contribution in [2.24, 2.45) is 0 Å². The van der Waals surface area contributed by atoms with E-state index in [9.17, 15) is 4.39 Å². The number of rotatable bonds is 4. The van der Waals surface area contributed by atoms with E-state index in [2.05, 4.69) is 53.0 Å². The van der Waals surface area contributed by atoms with Crippen molar-refractivity contribution in [3.8, 4) is 5.69 Å². The lowest BCUT2D eigenvalue weighted by Crippen LogP contribution is -2.10. The Hall–Kier alpha value is -3.14. The second kappa shape index (κ2) is 6.40. The Balaban J connectivity index is 1.75. The van der Waals surface area contributed by atoms with Crippen molar-refractivity contribution >= 4 is 0 Å². The highest BCUT2D eigenvalue weighted by Crippen LogP contribution is 2.28. The number of hydrogen-bond acceptors (Lipinski definition) is 1. The van der Waals surface area contributed by atoms with Gasteiger partial charge in [-0.2, -0.15) is 0 Å². The maximum atomic E-state index is 13.2. The van der Waals surface area contributed by atoms with E-state index >= 15 is 0 Å². The lowest BCUT2D eigenvalue weighted by molar-refractivity contribution is 0.627. The highest BCUT2D eigenvalue weighted by Gasteiger charge is 2.17. The SMILES string of the molecule is Cc1ccc([C@H](c2ccn(-c3ccc(F)cc3)c2)n2ccnc2)cc1. The fraction of sp³-hybridized carbons (Fsp3) is 0.0952. The summed E-state index contributed by atoms with van der Waals surface area (Å²) in [4.78, 5) is 4.20. The third-order valence-electron chi connectivity index (χ3n) is 4.37. The maximum absolute atomic E-state index is 13.2. The summed E-state index contributed by atoms with van der Waals surface area (Å²) >= 11 is 0. The summed E-state index contributed by atoms with van der Waals surface area (Å²) in [5, 5.41) is 0. The topological polar surface area (TPSA) is 22.8 Å². The molecule has 0 N–H and O–H groups in total. The van der Waals surface area contributed by atoms with Crippen molar-refractivity contribution in [3.63, 3.8) is 0 Å². The molecule has 3 nitrogen and oxygen atoms in total. The standard InChI is InChI=1S/C21H18FN3/c1-16-2-4-17(5-3-16)21(25-13-11-23-15-25)18-10-12-24(14-18)20-8-6-19(22)7-9-20/h2-15,21H,1H3/t21-/m1/s1. The molecule has 2 heterocycles. The molecule has 0 unspecified atom stereocenters. The van der Waals surface area contributed by atoms with Gasteiger partial charge in [0.2, 0.25) is 0 Å². The molecule has 0 aliphatic heterocycles. The number of hydrogen-bond donors (Lipinski definition) is 0. The van der Waals surface area contributed by atoms with Crippen LogP contribution in [-0.4, -0.2) is 14.1 Å². The Kier molecular flexibility index (Phi) is 3.94. The predicted octanol–water partition coefficient (Wildman–Crippen LogP) is 4.76. The minimum atomic E-state index is -0.230. The van der Waals surface area contributed by atoms with E-state index in [-0.39, 0.29) is 11.9 Å². The number of imidazole rings is 1. The van der Waals surface area contributed by atoms with E-state index in [1.807, 2.05) is 23.3 Å². The maximum Gasteiger partial charge on any atom is 0.123 e. The van der Waals surface area contributed by atoms with Gasteiger partial charge in [-0.15, -0.1) is 0 Å². The minimum absolute atomic E-state index is 0.0461. The van der Waals surface area contributed by atoms with Gasteiger partial charge < -0.3 is 9.13 Å². The molecule has 0 aliphatic rings. The van der Waals surface area contributed by atoms with Crippen molar-refractivity contribution in [3.05, 3.63) is 108 Å². The first-order chi connectivity index (χ1) is 12.2. The third-order valence-corrected chi connectivity index (χ3v) is 4.37. The molecule has 2 aromatic heterocycles. The summed E-state index contributed by atoms with van der Waals surface area (Å²) in [7, 11) is 0. The normalized spacial score (nSPS) is 12.2. The fourth-order valence-electron chi connectivity index (χ4n) is 3.06. The predicted molar refractivity (Wildman–Crippen MR) is 96.4 cm³/mol. The number of benzene rings is 2. The molecule has 0 saturated heterocycles. The van der Waals surface area contributed by atoms with E-state index in [1.54, 1.807) is 18.3 Å². The van der Waals surface area contributed by atoms with Gasteiger partial charge in [-0.05, 0) is 48.4 Å². The van der Waals surface area contributed by atoms with Crippen LogP contribution >= 0.6 is 0 Å². The van der Waals surface area contributed by atoms with Gasteiger partial charge in [0.15, 0.2) is 0 Å². The second-order valence-corrected chi connectivity index (χ2v) is 6.15. The quantitative estimate of drug-likeness (QED) is 0.529. The molecular formula is C21H18FN3. The van der Waals surface area contributed by atoms with Crippen LogP contribution < -0.4 is 0 Å². The molecule has 0 amide bonds. The molecule has 0 aliphatic carbocycles. The van der Waals surface area contributed by atoms with Gasteiger partial charge in [0.25, 0.3) is 0 Å². The van der Waals surface area contributed by atoms with Gasteiger partial charge in [-0.25, -0.2) is 9.37 Å². The van der Waals surface area contributed by atoms with Crippen LogP contribution in [0.4, 0.5) is 4.39 Å². The van der Waals surface area contributed by atoms with E-state index in [0.29, 0.717) is 0 Å². The first-order valence-electron chi connectivity index (χ1n) is 8.18. The Morgan fingerprint density at radius 1 is 0.880 bits per heavy atom. The van der Waals surface area contributed by atoms with Crippen molar-refractivity contribution in [1.82, 2.24) is 14.1 Å². The average molecular weight is 331 g/mol. The van der Waals surface area contributed by atoms with Crippen LogP contribution in [0.5, 0.6) is 0 Å². The van der Waals surface area contributed by atoms with Crippen molar-refractivity contribution < 1.29 is 4.39 Å². The summed E-state index contributed by atoms with van der Waals surface area (Å²) in [6.07, 6.45) is 9.68. The van der Waals surface area contributed by atoms with E-state index < -0.39 is 0 Å². The van der Waals surface area contributed by atoms with Gasteiger partial charge in [0.1, 0.15) is 5.82 Å². The van der Waals surface area contributed by atoms with Crippen LogP contribution in [0, 0.1) is 12.7 Å². The molecule has 0 radical (unpaired) electrons. The smallest absolute Gasteiger partial charge is 0.123 e. The Bertz CT molecular complexity index is 951. The Morgan fingerprint density at radius 3 is 2.32 bits per heavy atom. The highest BCUT2D eigenvalue weighted by atomic mass is 19.1. The average Bonchev–Trinajstić information content (AvgIpc) is 3.30. The van der Waals surface area contributed by atoms with E-state index in [4.69, 9.17) is 0 Å². The summed E-state index contributed by atoms with van der Waals surface area (Å²) in [6, 6.07) is 17.2. The van der Waals surface area contributed by atoms with Gasteiger partial charge in [-0.3, -0.25) is 0 Å². The van der Waals surface area contributed by atoms with E-state index in [1.165, 1.54) is 23.3 Å². The van der Waals surface area contributed by atoms with E-state index in [0.717, 1.165) is 11.3 Å². The number of aromatic nitrogens is 3. The molecule has 25 heavy (non-hydrogen) atoms. The zero-order chi connectivity index (χ0) is 17.2. The van der Waals surface area contributed by atoms with Crippen LogP contribution in [0.15, 0.2) is 85.7 Å². The first kappa shape index (κ1) is 15.4. The van der Waals surface area contributed by atoms with Gasteiger partial charge in [-0.1, -0.05) is 29.8 Å². The number of nitrogens with zero attached hydrogens (tertiary/aromatic N) is 3. The number of aryl methyl sites for hydroxylation is 1. The summed E-state index contributed by atoms with van der Waals surface area (Å²) in [5.74, 6) is -0.230. The molecular weight excluding hydrogens is 313 g/mol. The molecule has 1 atom stereocenters. The molecule has 2 aromatic carbocycles. The Morgan fingerprint density at radius 2 is 1.64 bits per heavy atom. The van der Waals surface area contributed by atoms with Gasteiger partial charge >= 0.3 is 0 Å². The summed E-state index contributed by atoms with van der Waals surface area (Å²) in [6.45, 7) is 2.08. The van der Waals surface area contributed by atoms with Crippen molar-refractivity contribution in [1.29, 1.82) is 0 Å². The lowest BCUT2D eigenvalue weighted by atomic mass is 10.00. The second-order valence-electron chi connectivity index (χ2n) is 6.15. The molecule has 0 spiro atoms. The molecule has 4 aromatic rings. The molecule has 4 heteroatoms. The van der Waals surface area contributed by atoms with Crippen LogP contribution in [0.3, 0.4) is 0 Å². The highest BCUT2D eigenvalue weighted by molar-refractivity contribution is 5.38. The van der Waals surface area contributed by atoms with Crippen LogP contribution in [0.1, 0.15) is 22.7 Å². The number of halogens is 1. The Labute approximate surface area is 146 Å². The largest absolute Gasteiger partial charge is 0.326 e. The zero-order valence-electron chi connectivity index (χ0n) is 13.9. The molecule has 0 saturated carbocycles. The van der Waals surface area contributed by atoms with Crippen LogP contribution in [0.25, 0.3) is 5.69 Å². The lowest BCUT2D eigenvalue weighted by Gasteiger charge is -2.18. The fourth-order valence-corrected chi connectivity index (χ4v) is 3.06. The van der Waals surface area contributed by atoms with Crippen LogP contribution in [0.2, 0.25) is 0 Å². The summed E-state index contributed by atoms with van der Waals surface area (Å²) in [5.41, 5.74) is 4.50. The molecule has 124 valence electrons. The summed E-state index contributed by atoms with van der Waals surface area (Å²) < 4.78 is 17.3. The van der Waals surface area contributed by atoms with Crippen molar-refractivity contribution in [2.45, 2.75) is 13.0 Å². The van der Waals surface area contributed by atoms with Gasteiger partial charge in [0.05, 0.1) is 12.4 Å². The van der Waals surface area contributed by atoms with Gasteiger partial charge in [0, 0.05) is 30.5 Å². The minimum Gasteiger partial charge on any atom is -0.326 e. The molecule has 4 rings (SSSR count). The van der Waals surface area contributed by atoms with Crippen LogP contribution in [-0.2, 0) is 0 Å². The molecule has 0 fully saturated rings. The zero-order valence-corrected chi connectivity index (χ0v) is 13.9. The monoisotopic (exact) mass is 331 g/mol. The van der Waals surface area contributed by atoms with Crippen molar-refractivity contribution in [2.75, 3.05) is 0 Å².